The molecule has 1 aromatic carbocycles. The number of rotatable bonds is 7. The van der Waals surface area contributed by atoms with Gasteiger partial charge in [0.1, 0.15) is 12.0 Å². The van der Waals surface area contributed by atoms with Crippen molar-refractivity contribution in [2.24, 2.45) is 0 Å². The SMILES string of the molecule is C=CCn1cnnc1SCC(=O)N1CCN(c2ccc(Cl)cc2[N+](=O)[O-])CC1. The number of halogens is 1. The number of benzene rings is 1. The van der Waals surface area contributed by atoms with Crippen LogP contribution in [0.2, 0.25) is 5.02 Å². The molecule has 1 saturated heterocycles. The third kappa shape index (κ3) is 4.63. The molecule has 2 heterocycles. The van der Waals surface area contributed by atoms with Crippen LogP contribution in [0.3, 0.4) is 0 Å². The molecule has 3 rings (SSSR count). The number of nitro benzene ring substituents is 1. The minimum absolute atomic E-state index is 0.00316. The number of hydrogen-bond acceptors (Lipinski definition) is 7. The maximum atomic E-state index is 12.5. The molecule has 0 unspecified atom stereocenters. The van der Waals surface area contributed by atoms with Gasteiger partial charge in [0.15, 0.2) is 5.16 Å². The predicted octanol–water partition coefficient (Wildman–Crippen LogP) is 2.47. The van der Waals surface area contributed by atoms with Gasteiger partial charge in [0.05, 0.1) is 10.7 Å². The predicted molar refractivity (Wildman–Crippen MR) is 108 cm³/mol. The minimum atomic E-state index is -0.436. The molecule has 28 heavy (non-hydrogen) atoms. The molecule has 0 atom stereocenters. The average Bonchev–Trinajstić information content (AvgIpc) is 3.13. The lowest BCUT2D eigenvalue weighted by Gasteiger charge is -2.35. The molecule has 1 amide bonds. The van der Waals surface area contributed by atoms with E-state index in [-0.39, 0.29) is 17.3 Å². The first-order valence-corrected chi connectivity index (χ1v) is 9.94. The van der Waals surface area contributed by atoms with E-state index in [1.165, 1.54) is 17.8 Å². The second-order valence-electron chi connectivity index (χ2n) is 6.10. The zero-order valence-electron chi connectivity index (χ0n) is 15.0. The molecule has 0 saturated carbocycles. The topological polar surface area (TPSA) is 97.4 Å². The highest BCUT2D eigenvalue weighted by molar-refractivity contribution is 7.99. The molecule has 2 aromatic rings. The number of thioether (sulfide) groups is 1. The molecular formula is C17H19ClN6O3S. The lowest BCUT2D eigenvalue weighted by molar-refractivity contribution is -0.384. The number of nitrogens with zero attached hydrogens (tertiary/aromatic N) is 6. The molecule has 1 fully saturated rings. The smallest absolute Gasteiger partial charge is 0.294 e. The summed E-state index contributed by atoms with van der Waals surface area (Å²) in [6, 6.07) is 4.64. The number of hydrogen-bond donors (Lipinski definition) is 0. The number of aromatic nitrogens is 3. The van der Waals surface area contributed by atoms with Crippen LogP contribution >= 0.6 is 23.4 Å². The summed E-state index contributed by atoms with van der Waals surface area (Å²) in [6.45, 7) is 6.31. The van der Waals surface area contributed by atoms with E-state index in [0.717, 1.165) is 0 Å². The van der Waals surface area contributed by atoms with Crippen molar-refractivity contribution in [1.29, 1.82) is 0 Å². The molecule has 0 aliphatic carbocycles. The summed E-state index contributed by atoms with van der Waals surface area (Å²) in [5, 5.41) is 20.2. The number of allylic oxidation sites excluding steroid dienone is 1. The number of carbonyl (C=O) groups excluding carboxylic acids is 1. The largest absolute Gasteiger partial charge is 0.362 e. The van der Waals surface area contributed by atoms with Crippen LogP contribution in [-0.2, 0) is 11.3 Å². The summed E-state index contributed by atoms with van der Waals surface area (Å²) < 4.78 is 1.82. The van der Waals surface area contributed by atoms with E-state index in [1.807, 2.05) is 9.47 Å². The van der Waals surface area contributed by atoms with E-state index in [1.54, 1.807) is 29.4 Å². The van der Waals surface area contributed by atoms with Gasteiger partial charge in [-0.25, -0.2) is 0 Å². The van der Waals surface area contributed by atoms with Crippen molar-refractivity contribution < 1.29 is 9.72 Å². The van der Waals surface area contributed by atoms with Crippen LogP contribution in [0.4, 0.5) is 11.4 Å². The zero-order chi connectivity index (χ0) is 20.1. The molecule has 0 radical (unpaired) electrons. The molecule has 11 heteroatoms. The minimum Gasteiger partial charge on any atom is -0.362 e. The van der Waals surface area contributed by atoms with Gasteiger partial charge in [-0.2, -0.15) is 0 Å². The molecule has 1 aliphatic rings. The monoisotopic (exact) mass is 422 g/mol. The van der Waals surface area contributed by atoms with Crippen LogP contribution in [0.15, 0.2) is 42.3 Å². The molecular weight excluding hydrogens is 404 g/mol. The van der Waals surface area contributed by atoms with Crippen molar-refractivity contribution in [3.8, 4) is 0 Å². The second kappa shape index (κ2) is 9.07. The van der Waals surface area contributed by atoms with E-state index in [0.29, 0.717) is 48.6 Å². The van der Waals surface area contributed by atoms with Crippen LogP contribution in [-0.4, -0.2) is 62.4 Å². The van der Waals surface area contributed by atoms with Crippen LogP contribution in [0.25, 0.3) is 0 Å². The van der Waals surface area contributed by atoms with Gasteiger partial charge in [-0.05, 0) is 12.1 Å². The Bertz CT molecular complexity index is 882. The highest BCUT2D eigenvalue weighted by Gasteiger charge is 2.26. The molecule has 0 N–H and O–H groups in total. The summed E-state index contributed by atoms with van der Waals surface area (Å²) in [6.07, 6.45) is 3.34. The number of nitro groups is 1. The highest BCUT2D eigenvalue weighted by Crippen LogP contribution is 2.31. The third-order valence-electron chi connectivity index (χ3n) is 4.34. The lowest BCUT2D eigenvalue weighted by Crippen LogP contribution is -2.49. The summed E-state index contributed by atoms with van der Waals surface area (Å²) in [7, 11) is 0. The van der Waals surface area contributed by atoms with E-state index >= 15 is 0 Å². The van der Waals surface area contributed by atoms with Crippen molar-refractivity contribution in [3.63, 3.8) is 0 Å². The molecule has 148 valence electrons. The Hall–Kier alpha value is -2.59. The summed E-state index contributed by atoms with van der Waals surface area (Å²) >= 11 is 7.21. The van der Waals surface area contributed by atoms with Gasteiger partial charge < -0.3 is 14.4 Å². The molecule has 1 aromatic heterocycles. The fourth-order valence-electron chi connectivity index (χ4n) is 2.95. The summed E-state index contributed by atoms with van der Waals surface area (Å²) in [5.41, 5.74) is 0.498. The Labute approximate surface area is 171 Å². The van der Waals surface area contributed by atoms with Gasteiger partial charge in [-0.3, -0.25) is 14.9 Å². The molecule has 0 spiro atoms. The first-order valence-electron chi connectivity index (χ1n) is 8.57. The van der Waals surface area contributed by atoms with E-state index in [2.05, 4.69) is 16.8 Å². The quantitative estimate of drug-likeness (QED) is 0.292. The van der Waals surface area contributed by atoms with Gasteiger partial charge in [0.25, 0.3) is 5.69 Å². The molecule has 9 nitrogen and oxygen atoms in total. The van der Waals surface area contributed by atoms with E-state index < -0.39 is 4.92 Å². The van der Waals surface area contributed by atoms with Gasteiger partial charge in [-0.1, -0.05) is 29.4 Å². The van der Waals surface area contributed by atoms with Crippen molar-refractivity contribution >= 4 is 40.6 Å². The Morgan fingerprint density at radius 3 is 2.79 bits per heavy atom. The van der Waals surface area contributed by atoms with Crippen molar-refractivity contribution in [1.82, 2.24) is 19.7 Å². The standard InChI is InChI=1S/C17H19ClN6O3S/c1-2-5-23-12-19-20-17(23)28-11-16(25)22-8-6-21(7-9-22)14-4-3-13(18)10-15(14)24(26)27/h2-4,10,12H,1,5-9,11H2. The normalized spacial score (nSPS) is 14.2. The maximum absolute atomic E-state index is 12.5. The summed E-state index contributed by atoms with van der Waals surface area (Å²) in [5.74, 6) is 0.264. The fraction of sp³-hybridized carbons (Fsp3) is 0.353. The van der Waals surface area contributed by atoms with Crippen LogP contribution in [0, 0.1) is 10.1 Å². The van der Waals surface area contributed by atoms with Crippen LogP contribution in [0.5, 0.6) is 0 Å². The molecule has 1 aliphatic heterocycles. The van der Waals surface area contributed by atoms with Gasteiger partial charge in [0, 0.05) is 43.8 Å². The maximum Gasteiger partial charge on any atom is 0.294 e. The Morgan fingerprint density at radius 1 is 1.36 bits per heavy atom. The second-order valence-corrected chi connectivity index (χ2v) is 7.48. The Morgan fingerprint density at radius 2 is 2.11 bits per heavy atom. The first-order chi connectivity index (χ1) is 13.5. The van der Waals surface area contributed by atoms with Crippen LogP contribution in [0.1, 0.15) is 0 Å². The van der Waals surface area contributed by atoms with Crippen molar-refractivity contribution in [2.45, 2.75) is 11.7 Å². The summed E-state index contributed by atoms with van der Waals surface area (Å²) in [4.78, 5) is 27.0. The fourth-order valence-corrected chi connectivity index (χ4v) is 3.94. The number of amides is 1. The van der Waals surface area contributed by atoms with Crippen molar-refractivity contribution in [3.05, 3.63) is 52.3 Å². The van der Waals surface area contributed by atoms with E-state index in [9.17, 15) is 14.9 Å². The Balaban J connectivity index is 1.56. The number of carbonyl (C=O) groups is 1. The highest BCUT2D eigenvalue weighted by atomic mass is 35.5. The number of piperazine rings is 1. The Kier molecular flexibility index (Phi) is 6.53. The van der Waals surface area contributed by atoms with E-state index in [4.69, 9.17) is 11.6 Å². The first kappa shape index (κ1) is 20.2. The average molecular weight is 423 g/mol. The van der Waals surface area contributed by atoms with Gasteiger partial charge in [-0.15, -0.1) is 16.8 Å². The lowest BCUT2D eigenvalue weighted by atomic mass is 10.2. The molecule has 0 bridgehead atoms. The van der Waals surface area contributed by atoms with Gasteiger partial charge >= 0.3 is 0 Å². The van der Waals surface area contributed by atoms with Gasteiger partial charge in [0.2, 0.25) is 5.91 Å². The van der Waals surface area contributed by atoms with Crippen molar-refractivity contribution in [2.75, 3.05) is 36.8 Å². The number of anilines is 1. The third-order valence-corrected chi connectivity index (χ3v) is 5.54. The van der Waals surface area contributed by atoms with Crippen LogP contribution < -0.4 is 4.90 Å². The zero-order valence-corrected chi connectivity index (χ0v) is 16.6.